The predicted molar refractivity (Wildman–Crippen MR) is 85.4 cm³/mol. The molecule has 0 aliphatic carbocycles. The van der Waals surface area contributed by atoms with Gasteiger partial charge in [-0.1, -0.05) is 54.6 Å². The average molecular weight is 272 g/mol. The third-order valence-electron chi connectivity index (χ3n) is 3.73. The first kappa shape index (κ1) is 11.9. The highest BCUT2D eigenvalue weighted by Crippen LogP contribution is 2.27. The maximum atomic E-state index is 12.1. The lowest BCUT2D eigenvalue weighted by Crippen LogP contribution is -1.99. The van der Waals surface area contributed by atoms with E-state index < -0.39 is 0 Å². The first-order valence-corrected chi connectivity index (χ1v) is 6.84. The third-order valence-corrected chi connectivity index (χ3v) is 3.73. The number of fused-ring (bicyclic) bond motifs is 3. The van der Waals surface area contributed by atoms with Crippen molar-refractivity contribution in [1.82, 2.24) is 0 Å². The quantitative estimate of drug-likeness (QED) is 0.374. The standard InChI is InChI=1S/C19H12O2/c20-19-17-9-5-4-8-15(17)16-11-10-14(12-18(16)21-19)13-6-2-1-3-7-13/h1-12H. The first-order valence-electron chi connectivity index (χ1n) is 6.84. The van der Waals surface area contributed by atoms with Crippen LogP contribution in [0.5, 0.6) is 0 Å². The fourth-order valence-corrected chi connectivity index (χ4v) is 2.69. The molecule has 2 nitrogen and oxygen atoms in total. The maximum Gasteiger partial charge on any atom is 0.344 e. The van der Waals surface area contributed by atoms with Crippen LogP contribution in [0.1, 0.15) is 0 Å². The second kappa shape index (κ2) is 4.60. The van der Waals surface area contributed by atoms with Crippen molar-refractivity contribution in [2.45, 2.75) is 0 Å². The molecule has 21 heavy (non-hydrogen) atoms. The van der Waals surface area contributed by atoms with E-state index in [1.807, 2.05) is 60.7 Å². The van der Waals surface area contributed by atoms with Gasteiger partial charge in [0.1, 0.15) is 5.58 Å². The Balaban J connectivity index is 2.06. The Labute approximate surface area is 121 Å². The molecule has 4 rings (SSSR count). The van der Waals surface area contributed by atoms with Crippen molar-refractivity contribution in [2.24, 2.45) is 0 Å². The fraction of sp³-hybridized carbons (Fsp3) is 0. The zero-order valence-electron chi connectivity index (χ0n) is 11.2. The topological polar surface area (TPSA) is 30.2 Å². The lowest BCUT2D eigenvalue weighted by atomic mass is 10.0. The molecule has 100 valence electrons. The minimum absolute atomic E-state index is 0.289. The van der Waals surface area contributed by atoms with Gasteiger partial charge < -0.3 is 4.42 Å². The van der Waals surface area contributed by atoms with Crippen molar-refractivity contribution < 1.29 is 4.42 Å². The Bertz CT molecular complexity index is 998. The number of rotatable bonds is 1. The molecule has 0 saturated carbocycles. The lowest BCUT2D eigenvalue weighted by Gasteiger charge is -2.05. The van der Waals surface area contributed by atoms with Gasteiger partial charge >= 0.3 is 5.63 Å². The summed E-state index contributed by atoms with van der Waals surface area (Å²) >= 11 is 0. The average Bonchev–Trinajstić information content (AvgIpc) is 2.55. The summed E-state index contributed by atoms with van der Waals surface area (Å²) in [5.74, 6) is 0. The van der Waals surface area contributed by atoms with E-state index in [0.717, 1.165) is 21.9 Å². The van der Waals surface area contributed by atoms with Gasteiger partial charge in [-0.25, -0.2) is 4.79 Å². The molecule has 0 aliphatic heterocycles. The summed E-state index contributed by atoms with van der Waals surface area (Å²) in [4.78, 5) is 12.1. The minimum atomic E-state index is -0.289. The van der Waals surface area contributed by atoms with E-state index in [9.17, 15) is 4.79 Å². The van der Waals surface area contributed by atoms with Crippen LogP contribution >= 0.6 is 0 Å². The van der Waals surface area contributed by atoms with Gasteiger partial charge in [-0.3, -0.25) is 0 Å². The Morgan fingerprint density at radius 1 is 0.619 bits per heavy atom. The summed E-state index contributed by atoms with van der Waals surface area (Å²) in [7, 11) is 0. The summed E-state index contributed by atoms with van der Waals surface area (Å²) in [5, 5.41) is 2.52. The van der Waals surface area contributed by atoms with E-state index in [2.05, 4.69) is 6.07 Å². The number of benzene rings is 3. The smallest absolute Gasteiger partial charge is 0.344 e. The molecule has 1 aromatic heterocycles. The highest BCUT2D eigenvalue weighted by Gasteiger charge is 2.07. The van der Waals surface area contributed by atoms with Crippen LogP contribution in [-0.2, 0) is 0 Å². The van der Waals surface area contributed by atoms with E-state index in [1.54, 1.807) is 6.07 Å². The van der Waals surface area contributed by atoms with Gasteiger partial charge in [0, 0.05) is 5.39 Å². The maximum absolute atomic E-state index is 12.1. The first-order chi connectivity index (χ1) is 10.3. The second-order valence-corrected chi connectivity index (χ2v) is 5.01. The van der Waals surface area contributed by atoms with Crippen LogP contribution in [0.3, 0.4) is 0 Å². The highest BCUT2D eigenvalue weighted by atomic mass is 16.4. The van der Waals surface area contributed by atoms with Crippen molar-refractivity contribution in [1.29, 1.82) is 0 Å². The van der Waals surface area contributed by atoms with Crippen LogP contribution in [0.15, 0.2) is 82.0 Å². The van der Waals surface area contributed by atoms with Crippen LogP contribution in [0, 0.1) is 0 Å². The zero-order valence-corrected chi connectivity index (χ0v) is 11.2. The van der Waals surface area contributed by atoms with Crippen LogP contribution in [-0.4, -0.2) is 0 Å². The van der Waals surface area contributed by atoms with Crippen LogP contribution < -0.4 is 5.63 Å². The SMILES string of the molecule is O=c1oc2cc(-c3ccccc3)ccc2c2ccccc12. The molecule has 4 aromatic rings. The summed E-state index contributed by atoms with van der Waals surface area (Å²) < 4.78 is 5.48. The zero-order chi connectivity index (χ0) is 14.2. The van der Waals surface area contributed by atoms with E-state index in [0.29, 0.717) is 11.0 Å². The second-order valence-electron chi connectivity index (χ2n) is 5.01. The van der Waals surface area contributed by atoms with Crippen molar-refractivity contribution in [3.8, 4) is 11.1 Å². The molecule has 0 atom stereocenters. The molecule has 0 saturated heterocycles. The summed E-state index contributed by atoms with van der Waals surface area (Å²) in [6, 6.07) is 23.6. The molecule has 0 N–H and O–H groups in total. The molecule has 0 bridgehead atoms. The molecule has 0 spiro atoms. The Morgan fingerprint density at radius 2 is 1.33 bits per heavy atom. The van der Waals surface area contributed by atoms with Crippen LogP contribution in [0.4, 0.5) is 0 Å². The largest absolute Gasteiger partial charge is 0.422 e. The Morgan fingerprint density at radius 3 is 2.14 bits per heavy atom. The van der Waals surface area contributed by atoms with E-state index in [1.165, 1.54) is 0 Å². The molecular formula is C19H12O2. The highest BCUT2D eigenvalue weighted by molar-refractivity contribution is 6.05. The molecule has 3 aromatic carbocycles. The molecule has 0 amide bonds. The third kappa shape index (κ3) is 1.93. The minimum Gasteiger partial charge on any atom is -0.422 e. The van der Waals surface area contributed by atoms with E-state index in [4.69, 9.17) is 4.42 Å². The molecule has 2 heteroatoms. The van der Waals surface area contributed by atoms with E-state index in [-0.39, 0.29) is 5.63 Å². The lowest BCUT2D eigenvalue weighted by molar-refractivity contribution is 0.570. The monoisotopic (exact) mass is 272 g/mol. The summed E-state index contributed by atoms with van der Waals surface area (Å²) in [5.41, 5.74) is 2.49. The van der Waals surface area contributed by atoms with Crippen LogP contribution in [0.2, 0.25) is 0 Å². The number of hydrogen-bond donors (Lipinski definition) is 0. The molecule has 1 heterocycles. The van der Waals surface area contributed by atoms with Gasteiger partial charge in [-0.2, -0.15) is 0 Å². The van der Waals surface area contributed by atoms with Crippen molar-refractivity contribution in [3.63, 3.8) is 0 Å². The summed E-state index contributed by atoms with van der Waals surface area (Å²) in [6.45, 7) is 0. The molecule has 0 unspecified atom stereocenters. The number of hydrogen-bond acceptors (Lipinski definition) is 2. The van der Waals surface area contributed by atoms with E-state index >= 15 is 0 Å². The fourth-order valence-electron chi connectivity index (χ4n) is 2.69. The predicted octanol–water partition coefficient (Wildman–Crippen LogP) is 4.61. The normalized spacial score (nSPS) is 11.0. The molecule has 0 radical (unpaired) electrons. The van der Waals surface area contributed by atoms with Crippen molar-refractivity contribution in [2.75, 3.05) is 0 Å². The molecule has 0 aliphatic rings. The van der Waals surface area contributed by atoms with Gasteiger partial charge in [0.2, 0.25) is 0 Å². The van der Waals surface area contributed by atoms with Crippen LogP contribution in [0.25, 0.3) is 32.9 Å². The van der Waals surface area contributed by atoms with Gasteiger partial charge in [-0.15, -0.1) is 0 Å². The van der Waals surface area contributed by atoms with Gasteiger partial charge in [-0.05, 0) is 34.7 Å². The van der Waals surface area contributed by atoms with Gasteiger partial charge in [0.05, 0.1) is 5.39 Å². The molecule has 0 fully saturated rings. The van der Waals surface area contributed by atoms with Gasteiger partial charge in [0.25, 0.3) is 0 Å². The Kier molecular flexibility index (Phi) is 2.61. The molecular weight excluding hydrogens is 260 g/mol. The van der Waals surface area contributed by atoms with Crippen molar-refractivity contribution >= 4 is 21.7 Å². The van der Waals surface area contributed by atoms with Crippen molar-refractivity contribution in [3.05, 3.63) is 83.2 Å². The summed E-state index contributed by atoms with van der Waals surface area (Å²) in [6.07, 6.45) is 0. The van der Waals surface area contributed by atoms with Gasteiger partial charge in [0.15, 0.2) is 0 Å². The Hall–Kier alpha value is -2.87.